The van der Waals surface area contributed by atoms with Crippen molar-refractivity contribution in [2.75, 3.05) is 5.32 Å². The number of nitrogens with one attached hydrogen (secondary N) is 3. The van der Waals surface area contributed by atoms with Crippen molar-refractivity contribution in [2.24, 2.45) is 5.41 Å². The molecule has 1 fully saturated rings. The predicted molar refractivity (Wildman–Crippen MR) is 132 cm³/mol. The van der Waals surface area contributed by atoms with Crippen molar-refractivity contribution in [3.8, 4) is 0 Å². The van der Waals surface area contributed by atoms with Crippen LogP contribution in [0.4, 0.5) is 15.8 Å². The van der Waals surface area contributed by atoms with E-state index in [-0.39, 0.29) is 17.6 Å². The van der Waals surface area contributed by atoms with Gasteiger partial charge in [-0.3, -0.25) is 4.79 Å². The van der Waals surface area contributed by atoms with Crippen LogP contribution in [0.2, 0.25) is 0 Å². The molecule has 1 unspecified atom stereocenters. The molecular formula is C28H30FN3O. The van der Waals surface area contributed by atoms with Crippen LogP contribution in [0.5, 0.6) is 0 Å². The molecule has 0 spiro atoms. The van der Waals surface area contributed by atoms with Gasteiger partial charge in [0.2, 0.25) is 5.91 Å². The lowest BCUT2D eigenvalue weighted by atomic mass is 9.71. The van der Waals surface area contributed by atoms with Gasteiger partial charge in [-0.25, -0.2) is 4.39 Å². The van der Waals surface area contributed by atoms with Gasteiger partial charge in [0.05, 0.1) is 5.41 Å². The lowest BCUT2D eigenvalue weighted by Crippen LogP contribution is -2.42. The summed E-state index contributed by atoms with van der Waals surface area (Å²) >= 11 is 0. The van der Waals surface area contributed by atoms with Crippen LogP contribution in [0.1, 0.15) is 49.3 Å². The van der Waals surface area contributed by atoms with Crippen LogP contribution in [0, 0.1) is 16.6 Å². The van der Waals surface area contributed by atoms with E-state index in [2.05, 4.69) is 22.8 Å². The molecule has 1 saturated carbocycles. The molecule has 1 amide bonds. The maximum atomic E-state index is 13.3. The number of benzene rings is 3. The van der Waals surface area contributed by atoms with Gasteiger partial charge in [-0.1, -0.05) is 50.2 Å². The maximum Gasteiger partial charge on any atom is 0.226 e. The molecule has 0 aliphatic heterocycles. The number of rotatable bonds is 9. The van der Waals surface area contributed by atoms with Crippen LogP contribution < -0.4 is 10.6 Å². The monoisotopic (exact) mass is 443 g/mol. The fourth-order valence-corrected chi connectivity index (χ4v) is 4.12. The van der Waals surface area contributed by atoms with E-state index < -0.39 is 5.41 Å². The first-order chi connectivity index (χ1) is 15.9. The van der Waals surface area contributed by atoms with Gasteiger partial charge in [0.1, 0.15) is 5.82 Å². The quantitative estimate of drug-likeness (QED) is 0.345. The van der Waals surface area contributed by atoms with Crippen LogP contribution in [-0.4, -0.2) is 18.2 Å². The van der Waals surface area contributed by atoms with Gasteiger partial charge >= 0.3 is 0 Å². The molecule has 4 nitrogen and oxygen atoms in total. The SMILES string of the molecule is CC(C)(C(=O)NC1CC1)C(Cc1ccccc1)c1ccc(Nc2ccc(F)cc2)c(C=N)c1. The van der Waals surface area contributed by atoms with Gasteiger partial charge < -0.3 is 16.0 Å². The Morgan fingerprint density at radius 1 is 1.09 bits per heavy atom. The molecule has 3 N–H and O–H groups in total. The Morgan fingerprint density at radius 3 is 2.42 bits per heavy atom. The highest BCUT2D eigenvalue weighted by atomic mass is 19.1. The Kier molecular flexibility index (Phi) is 6.59. The van der Waals surface area contributed by atoms with Gasteiger partial charge in [-0.05, 0) is 66.8 Å². The standard InChI is InChI=1S/C28H30FN3O/c1-28(2,27(33)32-24-13-14-24)25(16-19-6-4-3-5-7-19)20-8-15-26(21(17-20)18-30)31-23-11-9-22(29)10-12-23/h3-12,15,17-18,24-25,30-31H,13-14,16H2,1-2H3,(H,32,33). The molecule has 0 heterocycles. The second-order valence-corrected chi connectivity index (χ2v) is 9.33. The van der Waals surface area contributed by atoms with Crippen LogP contribution in [-0.2, 0) is 11.2 Å². The minimum Gasteiger partial charge on any atom is -0.355 e. The first-order valence-electron chi connectivity index (χ1n) is 11.4. The van der Waals surface area contributed by atoms with Gasteiger partial charge in [0, 0.05) is 35.1 Å². The third-order valence-electron chi connectivity index (χ3n) is 6.41. The van der Waals surface area contributed by atoms with Crippen LogP contribution in [0.25, 0.3) is 0 Å². The largest absolute Gasteiger partial charge is 0.355 e. The number of anilines is 2. The van der Waals surface area contributed by atoms with Crippen LogP contribution in [0.3, 0.4) is 0 Å². The minimum absolute atomic E-state index is 0.0656. The molecule has 0 saturated heterocycles. The van der Waals surface area contributed by atoms with Gasteiger partial charge in [0.25, 0.3) is 0 Å². The molecule has 3 aromatic carbocycles. The lowest BCUT2D eigenvalue weighted by molar-refractivity contribution is -0.130. The molecule has 33 heavy (non-hydrogen) atoms. The Bertz CT molecular complexity index is 1120. The molecule has 4 rings (SSSR count). The summed E-state index contributed by atoms with van der Waals surface area (Å²) < 4.78 is 13.3. The summed E-state index contributed by atoms with van der Waals surface area (Å²) in [4.78, 5) is 13.2. The van der Waals surface area contributed by atoms with Crippen molar-refractivity contribution in [3.63, 3.8) is 0 Å². The summed E-state index contributed by atoms with van der Waals surface area (Å²) in [6, 6.07) is 22.6. The molecule has 0 aromatic heterocycles. The number of carbonyl (C=O) groups is 1. The van der Waals surface area contributed by atoms with E-state index >= 15 is 0 Å². The van der Waals surface area contributed by atoms with Gasteiger partial charge in [-0.15, -0.1) is 0 Å². The van der Waals surface area contributed by atoms with Crippen molar-refractivity contribution in [1.29, 1.82) is 5.41 Å². The molecule has 3 aromatic rings. The summed E-state index contributed by atoms with van der Waals surface area (Å²) in [5, 5.41) is 14.4. The number of carbonyl (C=O) groups excluding carboxylic acids is 1. The van der Waals surface area contributed by atoms with Crippen molar-refractivity contribution in [3.05, 3.63) is 95.3 Å². The highest BCUT2D eigenvalue weighted by Gasteiger charge is 2.40. The molecule has 1 aliphatic carbocycles. The Morgan fingerprint density at radius 2 is 1.79 bits per heavy atom. The Balaban J connectivity index is 1.67. The fraction of sp³-hybridized carbons (Fsp3) is 0.286. The van der Waals surface area contributed by atoms with E-state index in [9.17, 15) is 9.18 Å². The summed E-state index contributed by atoms with van der Waals surface area (Å²) in [6.07, 6.45) is 4.13. The first kappa shape index (κ1) is 22.7. The Hall–Kier alpha value is -3.47. The normalized spacial score (nSPS) is 14.4. The number of hydrogen-bond donors (Lipinski definition) is 3. The van der Waals surface area contributed by atoms with E-state index in [1.807, 2.05) is 50.2 Å². The zero-order valence-electron chi connectivity index (χ0n) is 19.1. The Labute approximate surface area is 194 Å². The predicted octanol–water partition coefficient (Wildman–Crippen LogP) is 6.20. The van der Waals surface area contributed by atoms with E-state index in [0.717, 1.165) is 29.8 Å². The molecule has 170 valence electrons. The van der Waals surface area contributed by atoms with Crippen molar-refractivity contribution >= 4 is 23.5 Å². The average Bonchev–Trinajstić information content (AvgIpc) is 3.64. The number of halogens is 1. The zero-order valence-corrected chi connectivity index (χ0v) is 19.1. The number of amides is 1. The molecule has 5 heteroatoms. The molecule has 1 atom stereocenters. The topological polar surface area (TPSA) is 65.0 Å². The zero-order chi connectivity index (χ0) is 23.4. The maximum absolute atomic E-state index is 13.3. The second kappa shape index (κ2) is 9.57. The summed E-state index contributed by atoms with van der Waals surface area (Å²) in [5.41, 5.74) is 3.77. The third-order valence-corrected chi connectivity index (χ3v) is 6.41. The summed E-state index contributed by atoms with van der Waals surface area (Å²) in [5.74, 6) is -0.299. The molecule has 1 aliphatic rings. The van der Waals surface area contributed by atoms with Crippen molar-refractivity contribution < 1.29 is 9.18 Å². The van der Waals surface area contributed by atoms with E-state index in [1.165, 1.54) is 23.9 Å². The highest BCUT2D eigenvalue weighted by molar-refractivity contribution is 5.88. The molecule has 0 radical (unpaired) electrons. The number of hydrogen-bond acceptors (Lipinski definition) is 3. The minimum atomic E-state index is -0.635. The van der Waals surface area contributed by atoms with Gasteiger partial charge in [0.15, 0.2) is 0 Å². The summed E-state index contributed by atoms with van der Waals surface area (Å²) in [7, 11) is 0. The molecule has 0 bridgehead atoms. The van der Waals surface area contributed by atoms with E-state index in [4.69, 9.17) is 5.41 Å². The fourth-order valence-electron chi connectivity index (χ4n) is 4.12. The second-order valence-electron chi connectivity index (χ2n) is 9.33. The smallest absolute Gasteiger partial charge is 0.226 e. The van der Waals surface area contributed by atoms with Gasteiger partial charge in [-0.2, -0.15) is 0 Å². The van der Waals surface area contributed by atoms with E-state index in [0.29, 0.717) is 18.0 Å². The highest BCUT2D eigenvalue weighted by Crippen LogP contribution is 2.40. The van der Waals surface area contributed by atoms with Crippen molar-refractivity contribution in [2.45, 2.75) is 45.1 Å². The third kappa shape index (κ3) is 5.48. The van der Waals surface area contributed by atoms with E-state index in [1.54, 1.807) is 12.1 Å². The average molecular weight is 444 g/mol. The lowest BCUT2D eigenvalue weighted by Gasteiger charge is -2.34. The van der Waals surface area contributed by atoms with Crippen LogP contribution in [0.15, 0.2) is 72.8 Å². The van der Waals surface area contributed by atoms with Crippen LogP contribution >= 0.6 is 0 Å². The first-order valence-corrected chi connectivity index (χ1v) is 11.4. The molecular weight excluding hydrogens is 413 g/mol. The summed E-state index contributed by atoms with van der Waals surface area (Å²) in [6.45, 7) is 4.01. The van der Waals surface area contributed by atoms with Crippen molar-refractivity contribution in [1.82, 2.24) is 5.32 Å².